The smallest absolute Gasteiger partial charge is 0.283 e. The van der Waals surface area contributed by atoms with Crippen LogP contribution in [-0.2, 0) is 16.0 Å². The Morgan fingerprint density at radius 2 is 2.50 bits per heavy atom. The molecule has 1 aliphatic heterocycles. The molecule has 1 aromatic heterocycles. The molecule has 2 heterocycles. The van der Waals surface area contributed by atoms with Crippen molar-refractivity contribution < 1.29 is 9.47 Å². The van der Waals surface area contributed by atoms with Crippen molar-refractivity contribution in [2.75, 3.05) is 32.2 Å². The van der Waals surface area contributed by atoms with Gasteiger partial charge in [-0.2, -0.15) is 5.10 Å². The van der Waals surface area contributed by atoms with Gasteiger partial charge in [-0.05, 0) is 35.2 Å². The summed E-state index contributed by atoms with van der Waals surface area (Å²) in [6, 6.07) is 0. The fourth-order valence-electron chi connectivity index (χ4n) is 2.17. The second-order valence-electron chi connectivity index (χ2n) is 4.74. The zero-order valence-corrected chi connectivity index (χ0v) is 13.2. The molecule has 2 rings (SSSR count). The van der Waals surface area contributed by atoms with E-state index in [1.165, 1.54) is 4.68 Å². The van der Waals surface area contributed by atoms with Gasteiger partial charge in [0, 0.05) is 20.3 Å². The molecule has 1 aliphatic rings. The van der Waals surface area contributed by atoms with Crippen LogP contribution in [0.1, 0.15) is 19.3 Å². The number of ether oxygens (including phenoxy) is 2. The monoisotopic (exact) mass is 345 g/mol. The molecule has 1 aromatic rings. The minimum atomic E-state index is -0.149. The lowest BCUT2D eigenvalue weighted by atomic mass is 10.2. The molecule has 0 radical (unpaired) electrons. The Morgan fingerprint density at radius 3 is 3.20 bits per heavy atom. The van der Waals surface area contributed by atoms with Crippen LogP contribution in [0.5, 0.6) is 0 Å². The first-order valence-corrected chi connectivity index (χ1v) is 7.61. The van der Waals surface area contributed by atoms with Crippen molar-refractivity contribution in [3.8, 4) is 0 Å². The largest absolute Gasteiger partial charge is 0.383 e. The number of anilines is 1. The van der Waals surface area contributed by atoms with Crippen molar-refractivity contribution in [2.45, 2.75) is 31.9 Å². The van der Waals surface area contributed by atoms with Crippen molar-refractivity contribution in [1.82, 2.24) is 9.78 Å². The highest BCUT2D eigenvalue weighted by Gasteiger charge is 2.15. The summed E-state index contributed by atoms with van der Waals surface area (Å²) in [6.07, 6.45) is 5.22. The fraction of sp³-hybridized carbons (Fsp3) is 0.692. The van der Waals surface area contributed by atoms with Crippen LogP contribution in [0, 0.1) is 0 Å². The van der Waals surface area contributed by atoms with Gasteiger partial charge in [-0.15, -0.1) is 0 Å². The van der Waals surface area contributed by atoms with Gasteiger partial charge in [-0.25, -0.2) is 4.68 Å². The van der Waals surface area contributed by atoms with Crippen LogP contribution < -0.4 is 10.9 Å². The van der Waals surface area contributed by atoms with Crippen LogP contribution in [0.15, 0.2) is 15.5 Å². The van der Waals surface area contributed by atoms with Crippen LogP contribution >= 0.6 is 15.9 Å². The summed E-state index contributed by atoms with van der Waals surface area (Å²) in [5.74, 6) is 0. The third-order valence-corrected chi connectivity index (χ3v) is 4.06. The van der Waals surface area contributed by atoms with Crippen molar-refractivity contribution in [2.24, 2.45) is 0 Å². The number of nitrogens with zero attached hydrogens (tertiary/aromatic N) is 2. The van der Waals surface area contributed by atoms with Crippen LogP contribution in [-0.4, -0.2) is 42.8 Å². The first-order chi connectivity index (χ1) is 9.72. The summed E-state index contributed by atoms with van der Waals surface area (Å²) >= 11 is 3.33. The first-order valence-electron chi connectivity index (χ1n) is 6.82. The Morgan fingerprint density at radius 1 is 1.65 bits per heavy atom. The molecular formula is C13H20BrN3O3. The number of hydrogen-bond acceptors (Lipinski definition) is 5. The maximum absolute atomic E-state index is 12.0. The first kappa shape index (κ1) is 15.5. The highest BCUT2D eigenvalue weighted by atomic mass is 79.9. The summed E-state index contributed by atoms with van der Waals surface area (Å²) in [6.45, 7) is 2.55. The average Bonchev–Trinajstić information content (AvgIpc) is 2.96. The van der Waals surface area contributed by atoms with E-state index in [-0.39, 0.29) is 5.56 Å². The van der Waals surface area contributed by atoms with E-state index in [9.17, 15) is 4.79 Å². The van der Waals surface area contributed by atoms with Gasteiger partial charge < -0.3 is 14.8 Å². The molecule has 112 valence electrons. The molecule has 1 fully saturated rings. The number of rotatable bonds is 7. The summed E-state index contributed by atoms with van der Waals surface area (Å²) in [7, 11) is 1.60. The lowest BCUT2D eigenvalue weighted by molar-refractivity contribution is 0.107. The molecule has 0 bridgehead atoms. The van der Waals surface area contributed by atoms with E-state index in [4.69, 9.17) is 9.47 Å². The van der Waals surface area contributed by atoms with Crippen molar-refractivity contribution in [1.29, 1.82) is 0 Å². The molecule has 20 heavy (non-hydrogen) atoms. The van der Waals surface area contributed by atoms with E-state index in [0.29, 0.717) is 23.7 Å². The molecular weight excluding hydrogens is 326 g/mol. The predicted molar refractivity (Wildman–Crippen MR) is 80.2 cm³/mol. The number of halogens is 1. The molecule has 1 saturated heterocycles. The van der Waals surface area contributed by atoms with E-state index < -0.39 is 0 Å². The second kappa shape index (κ2) is 7.75. The lowest BCUT2D eigenvalue weighted by Crippen LogP contribution is -2.26. The number of aromatic nitrogens is 2. The Kier molecular flexibility index (Phi) is 6.00. The lowest BCUT2D eigenvalue weighted by Gasteiger charge is -2.12. The maximum Gasteiger partial charge on any atom is 0.283 e. The van der Waals surface area contributed by atoms with Gasteiger partial charge in [0.25, 0.3) is 5.56 Å². The molecule has 1 unspecified atom stereocenters. The van der Waals surface area contributed by atoms with E-state index in [2.05, 4.69) is 26.3 Å². The molecule has 0 spiro atoms. The van der Waals surface area contributed by atoms with Crippen molar-refractivity contribution >= 4 is 21.6 Å². The molecule has 0 aromatic carbocycles. The molecule has 0 amide bonds. The van der Waals surface area contributed by atoms with Gasteiger partial charge in [0.05, 0.1) is 31.1 Å². The number of nitrogens with one attached hydrogen (secondary N) is 1. The van der Waals surface area contributed by atoms with Crippen LogP contribution in [0.2, 0.25) is 0 Å². The van der Waals surface area contributed by atoms with Gasteiger partial charge >= 0.3 is 0 Å². The van der Waals surface area contributed by atoms with Crippen LogP contribution in [0.4, 0.5) is 5.69 Å². The van der Waals surface area contributed by atoms with Gasteiger partial charge in [0.1, 0.15) is 4.47 Å². The third-order valence-electron chi connectivity index (χ3n) is 3.30. The van der Waals surface area contributed by atoms with Crippen molar-refractivity contribution in [3.05, 3.63) is 21.0 Å². The third kappa shape index (κ3) is 4.04. The van der Waals surface area contributed by atoms with Gasteiger partial charge in [0.15, 0.2) is 0 Å². The maximum atomic E-state index is 12.0. The Bertz CT molecular complexity index is 486. The Hall–Kier alpha value is -0.920. The van der Waals surface area contributed by atoms with Gasteiger partial charge in [-0.3, -0.25) is 4.79 Å². The van der Waals surface area contributed by atoms with Crippen LogP contribution in [0.3, 0.4) is 0 Å². The Labute approximate surface area is 126 Å². The number of hydrogen-bond donors (Lipinski definition) is 1. The topological polar surface area (TPSA) is 65.4 Å². The highest BCUT2D eigenvalue weighted by molar-refractivity contribution is 9.10. The minimum absolute atomic E-state index is 0.149. The summed E-state index contributed by atoms with van der Waals surface area (Å²) in [5, 5.41) is 7.36. The summed E-state index contributed by atoms with van der Waals surface area (Å²) < 4.78 is 12.4. The molecule has 6 nitrogen and oxygen atoms in total. The highest BCUT2D eigenvalue weighted by Crippen LogP contribution is 2.18. The standard InChI is InChI=1S/C13H20BrN3O3/c1-19-8-6-17-13(18)12(14)11(9-16-17)15-5-4-10-3-2-7-20-10/h9-10,15H,2-8H2,1H3. The Balaban J connectivity index is 1.91. The molecule has 0 saturated carbocycles. The van der Waals surface area contributed by atoms with E-state index in [1.807, 2.05) is 0 Å². The molecule has 1 atom stereocenters. The zero-order valence-electron chi connectivity index (χ0n) is 11.6. The number of methoxy groups -OCH3 is 1. The van der Waals surface area contributed by atoms with E-state index in [1.54, 1.807) is 13.3 Å². The van der Waals surface area contributed by atoms with Gasteiger partial charge in [-0.1, -0.05) is 0 Å². The van der Waals surface area contributed by atoms with E-state index >= 15 is 0 Å². The predicted octanol–water partition coefficient (Wildman–Crippen LogP) is 1.63. The average molecular weight is 346 g/mol. The second-order valence-corrected chi connectivity index (χ2v) is 5.54. The normalized spacial score (nSPS) is 18.4. The zero-order chi connectivity index (χ0) is 14.4. The molecule has 7 heteroatoms. The van der Waals surface area contributed by atoms with Gasteiger partial charge in [0.2, 0.25) is 0 Å². The fourth-order valence-corrected chi connectivity index (χ4v) is 2.61. The van der Waals surface area contributed by atoms with E-state index in [0.717, 1.165) is 38.1 Å². The van der Waals surface area contributed by atoms with Crippen molar-refractivity contribution in [3.63, 3.8) is 0 Å². The summed E-state index contributed by atoms with van der Waals surface area (Å²) in [5.41, 5.74) is 0.575. The molecule has 1 N–H and O–H groups in total. The quantitative estimate of drug-likeness (QED) is 0.813. The molecule has 0 aliphatic carbocycles. The summed E-state index contributed by atoms with van der Waals surface area (Å²) in [4.78, 5) is 12.0. The minimum Gasteiger partial charge on any atom is -0.383 e. The SMILES string of the molecule is COCCn1ncc(NCCC2CCCO2)c(Br)c1=O. The van der Waals surface area contributed by atoms with Crippen LogP contribution in [0.25, 0.3) is 0 Å².